The predicted molar refractivity (Wildman–Crippen MR) is 327 cm³/mol. The largest absolute Gasteiger partial charge is 0.483 e. The molecule has 16 heteroatoms. The number of hydrogen-bond acceptors (Lipinski definition) is 11. The van der Waals surface area contributed by atoms with E-state index in [0.29, 0.717) is 53.1 Å². The van der Waals surface area contributed by atoms with Crippen LogP contribution in [0.1, 0.15) is 169 Å². The number of nitrogens with one attached hydrogen (secondary N) is 1. The first kappa shape index (κ1) is 61.7. The summed E-state index contributed by atoms with van der Waals surface area (Å²) in [4.78, 5) is 41.5. The molecule has 6 aliphatic heterocycles. The highest BCUT2D eigenvalue weighted by atomic mass is 35.5. The second-order valence-electron chi connectivity index (χ2n) is 23.2. The molecule has 3 aromatic carbocycles. The molecule has 6 aromatic rings. The minimum Gasteiger partial charge on any atom is -0.483 e. The predicted octanol–water partition coefficient (Wildman–Crippen LogP) is 16.1. The van der Waals surface area contributed by atoms with E-state index in [2.05, 4.69) is 62.7 Å². The normalized spacial score (nSPS) is 19.3. The first-order chi connectivity index (χ1) is 38.4. The Morgan fingerprint density at radius 1 is 0.537 bits per heavy atom. The Bertz CT molecular complexity index is 3170. The summed E-state index contributed by atoms with van der Waals surface area (Å²) in [6.45, 7) is 16.2. The van der Waals surface area contributed by atoms with Crippen LogP contribution in [-0.4, -0.2) is 87.4 Å². The maximum Gasteiger partial charge on any atom is 0.410 e. The van der Waals surface area contributed by atoms with Gasteiger partial charge in [0.2, 0.25) is 0 Å². The van der Waals surface area contributed by atoms with Crippen LogP contribution in [0.2, 0.25) is 15.1 Å². The molecule has 0 aliphatic carbocycles. The van der Waals surface area contributed by atoms with Crippen LogP contribution in [0, 0.1) is 0 Å². The Morgan fingerprint density at radius 2 is 0.951 bits per heavy atom. The summed E-state index contributed by atoms with van der Waals surface area (Å²) in [6, 6.07) is 30.3. The number of nitrogens with zero attached hydrogens (tertiary/aromatic N) is 5. The van der Waals surface area contributed by atoms with Crippen LogP contribution in [0.15, 0.2) is 116 Å². The maximum atomic E-state index is 12.3. The maximum absolute atomic E-state index is 12.3. The lowest BCUT2D eigenvalue weighted by molar-refractivity contribution is 0.0203. The van der Waals surface area contributed by atoms with Crippen molar-refractivity contribution in [3.63, 3.8) is 0 Å². The van der Waals surface area contributed by atoms with Crippen molar-refractivity contribution in [3.8, 4) is 17.2 Å². The number of hydrogen-bond donors (Lipinski definition) is 1. The fourth-order valence-corrected chi connectivity index (χ4v) is 11.7. The number of piperidine rings is 2. The van der Waals surface area contributed by atoms with Gasteiger partial charge in [0.25, 0.3) is 0 Å². The van der Waals surface area contributed by atoms with Gasteiger partial charge in [-0.1, -0.05) is 92.1 Å². The van der Waals surface area contributed by atoms with Crippen LogP contribution in [0.25, 0.3) is 5.57 Å². The third-order valence-electron chi connectivity index (χ3n) is 15.3. The van der Waals surface area contributed by atoms with E-state index in [4.69, 9.17) is 58.5 Å². The number of carbonyl (C=O) groups is 2. The number of benzene rings is 3. The molecule has 2 saturated heterocycles. The lowest BCUT2D eigenvalue weighted by Gasteiger charge is -2.34. The summed E-state index contributed by atoms with van der Waals surface area (Å²) >= 11 is 17.8. The number of fused-ring (bicyclic) bond motifs is 3. The molecule has 6 aliphatic rings. The van der Waals surface area contributed by atoms with Crippen molar-refractivity contribution >= 4 is 52.6 Å². The van der Waals surface area contributed by atoms with Crippen LogP contribution in [-0.2, 0) is 28.7 Å². The zero-order valence-corrected chi connectivity index (χ0v) is 48.8. The van der Waals surface area contributed by atoms with Gasteiger partial charge in [0.1, 0.15) is 46.8 Å². The highest BCUT2D eigenvalue weighted by Gasteiger charge is 2.35. The van der Waals surface area contributed by atoms with Gasteiger partial charge in [0.05, 0.1) is 32.1 Å². The lowest BCUT2D eigenvalue weighted by Crippen LogP contribution is -2.41. The van der Waals surface area contributed by atoms with Crippen molar-refractivity contribution in [2.75, 3.05) is 39.3 Å². The van der Waals surface area contributed by atoms with E-state index in [1.54, 1.807) is 23.5 Å². The van der Waals surface area contributed by atoms with Gasteiger partial charge in [0.15, 0.2) is 0 Å². The SMILES string of the molecule is C.C.CC(C)(C)OC(=O)N1CC=C(c2cccc3c2CC(c2ccc(Cl)cn2)O3)CC1.CC(C)(C)OC(=O)N1CCC(c2cccc3c2CC(c2ccc(Cl)cn2)O3)CC1.Clc1ccc(C2Cc3c(cccc3C3CCNCC3)O2)nc1. The number of aromatic nitrogens is 3. The quantitative estimate of drug-likeness (QED) is 0.171. The van der Waals surface area contributed by atoms with Crippen molar-refractivity contribution in [2.24, 2.45) is 0 Å². The Morgan fingerprint density at radius 3 is 1.37 bits per heavy atom. The number of halogens is 3. The van der Waals surface area contributed by atoms with E-state index in [9.17, 15) is 9.59 Å². The van der Waals surface area contributed by atoms with E-state index in [-0.39, 0.29) is 45.4 Å². The molecular weight excluding hydrogens is 1100 g/mol. The molecule has 436 valence electrons. The molecule has 0 spiro atoms. The van der Waals surface area contributed by atoms with Gasteiger partial charge in [-0.2, -0.15) is 0 Å². The number of amides is 2. The first-order valence-corrected chi connectivity index (χ1v) is 29.1. The highest BCUT2D eigenvalue weighted by Crippen LogP contribution is 2.45. The molecule has 82 heavy (non-hydrogen) atoms. The van der Waals surface area contributed by atoms with Crippen molar-refractivity contribution in [1.82, 2.24) is 30.1 Å². The molecule has 1 N–H and O–H groups in total. The average Bonchev–Trinajstić information content (AvgIpc) is 4.26. The third kappa shape index (κ3) is 15.2. The van der Waals surface area contributed by atoms with Crippen molar-refractivity contribution < 1.29 is 33.3 Å². The minimum atomic E-state index is -0.483. The van der Waals surface area contributed by atoms with Crippen molar-refractivity contribution in [3.05, 3.63) is 181 Å². The first-order valence-electron chi connectivity index (χ1n) is 28.0. The highest BCUT2D eigenvalue weighted by molar-refractivity contribution is 6.31. The molecule has 3 atom stereocenters. The minimum absolute atomic E-state index is 0. The van der Waals surface area contributed by atoms with E-state index >= 15 is 0 Å². The van der Waals surface area contributed by atoms with Crippen LogP contribution in [0.4, 0.5) is 9.59 Å². The van der Waals surface area contributed by atoms with Gasteiger partial charge in [-0.25, -0.2) is 9.59 Å². The lowest BCUT2D eigenvalue weighted by atomic mass is 9.85. The molecule has 0 radical (unpaired) electrons. The topological polar surface area (TPSA) is 137 Å². The number of likely N-dealkylation sites (tertiary alicyclic amines) is 1. The molecule has 12 rings (SSSR count). The molecule has 9 heterocycles. The van der Waals surface area contributed by atoms with E-state index in [1.165, 1.54) is 51.8 Å². The van der Waals surface area contributed by atoms with Gasteiger partial charge in [-0.05, 0) is 175 Å². The standard InChI is InChI=1S/C23H27ClN2O3.C23H25ClN2O3.C18H19ClN2O.2CH4/c2*1-23(2,3)29-22(27)26-11-9-15(10-12-26)17-5-4-6-20-18(17)13-21(28-20)19-8-7-16(24)14-25-19;19-13-4-5-16(21-11-13)18-10-15-14(2-1-3-17(15)22-18)12-6-8-20-9-7-12;;/h4-8,14-15,21H,9-13H2,1-3H3;4-9,14,21H,10-13H2,1-3H3;1-5,11-12,18,20H,6-10H2;2*1H4. The van der Waals surface area contributed by atoms with Gasteiger partial charge >= 0.3 is 12.2 Å². The Labute approximate surface area is 500 Å². The van der Waals surface area contributed by atoms with E-state index in [0.717, 1.165) is 85.9 Å². The smallest absolute Gasteiger partial charge is 0.410 e. The fourth-order valence-electron chi connectivity index (χ4n) is 11.4. The van der Waals surface area contributed by atoms with E-state index < -0.39 is 11.2 Å². The molecule has 2 amide bonds. The van der Waals surface area contributed by atoms with Crippen LogP contribution in [0.3, 0.4) is 0 Å². The zero-order valence-electron chi connectivity index (χ0n) is 46.5. The summed E-state index contributed by atoms with van der Waals surface area (Å²) in [5.41, 5.74) is 10.9. The van der Waals surface area contributed by atoms with Gasteiger partial charge in [-0.15, -0.1) is 0 Å². The third-order valence-corrected chi connectivity index (χ3v) is 15.9. The molecular formula is C66H79Cl3N6O7. The molecule has 0 saturated carbocycles. The Kier molecular flexibility index (Phi) is 20.2. The molecule has 2 fully saturated rings. The number of carbonyl (C=O) groups excluding carboxylic acids is 2. The number of ether oxygens (including phenoxy) is 5. The van der Waals surface area contributed by atoms with E-state index in [1.807, 2.05) is 101 Å². The summed E-state index contributed by atoms with van der Waals surface area (Å²) < 4.78 is 29.5. The van der Waals surface area contributed by atoms with Crippen LogP contribution in [0.5, 0.6) is 17.2 Å². The van der Waals surface area contributed by atoms with Gasteiger partial charge < -0.3 is 38.8 Å². The van der Waals surface area contributed by atoms with Crippen molar-refractivity contribution in [2.45, 2.75) is 149 Å². The van der Waals surface area contributed by atoms with Crippen molar-refractivity contribution in [1.29, 1.82) is 0 Å². The second-order valence-corrected chi connectivity index (χ2v) is 24.5. The van der Waals surface area contributed by atoms with Crippen LogP contribution < -0.4 is 19.5 Å². The number of pyridine rings is 3. The second kappa shape index (κ2) is 26.9. The zero-order chi connectivity index (χ0) is 56.1. The van der Waals surface area contributed by atoms with Gasteiger partial charge in [-0.3, -0.25) is 15.0 Å². The molecule has 0 bridgehead atoms. The summed E-state index contributed by atoms with van der Waals surface area (Å²) in [5, 5.41) is 5.34. The summed E-state index contributed by atoms with van der Waals surface area (Å²) in [5.74, 6) is 3.94. The summed E-state index contributed by atoms with van der Waals surface area (Å²) in [6.07, 6.45) is 14.0. The Balaban J connectivity index is 0.000000161. The molecule has 13 nitrogen and oxygen atoms in total. The Hall–Kier alpha value is -6.38. The van der Waals surface area contributed by atoms with Gasteiger partial charge in [0, 0.05) is 80.7 Å². The molecule has 3 aromatic heterocycles. The monoisotopic (exact) mass is 1170 g/mol. The van der Waals surface area contributed by atoms with Crippen LogP contribution >= 0.6 is 34.8 Å². The molecule has 3 unspecified atom stereocenters. The average molecular weight is 1170 g/mol. The number of rotatable bonds is 6. The summed E-state index contributed by atoms with van der Waals surface area (Å²) in [7, 11) is 0. The fraction of sp³-hybridized carbons (Fsp3) is 0.439.